The van der Waals surface area contributed by atoms with Gasteiger partial charge in [0.25, 0.3) is 0 Å². The van der Waals surface area contributed by atoms with E-state index >= 15 is 0 Å². The molecule has 0 amide bonds. The molecule has 0 radical (unpaired) electrons. The van der Waals surface area contributed by atoms with Crippen LogP contribution in [-0.4, -0.2) is 23.5 Å². The topological polar surface area (TPSA) is 49.3 Å². The van der Waals surface area contributed by atoms with E-state index in [1.165, 1.54) is 0 Å². The first-order valence-electron chi connectivity index (χ1n) is 6.74. The Morgan fingerprint density at radius 2 is 1.84 bits per heavy atom. The first-order chi connectivity index (χ1) is 9.04. The van der Waals surface area contributed by atoms with Gasteiger partial charge >= 0.3 is 0 Å². The summed E-state index contributed by atoms with van der Waals surface area (Å²) in [4.78, 5) is 12.1. The first-order valence-corrected chi connectivity index (χ1v) is 6.74. The molecular weight excluding hydrogens is 238 g/mol. The summed E-state index contributed by atoms with van der Waals surface area (Å²) in [5.41, 5.74) is 0.679. The van der Waals surface area contributed by atoms with E-state index < -0.39 is 5.60 Å². The van der Waals surface area contributed by atoms with Gasteiger partial charge in [-0.3, -0.25) is 4.79 Å². The molecule has 0 saturated carbocycles. The second-order valence-corrected chi connectivity index (χ2v) is 4.76. The second kappa shape index (κ2) is 7.10. The molecule has 1 rings (SSSR count). The van der Waals surface area contributed by atoms with Gasteiger partial charge in [0, 0.05) is 30.8 Å². The van der Waals surface area contributed by atoms with Crippen molar-refractivity contribution in [2.45, 2.75) is 38.7 Å². The van der Waals surface area contributed by atoms with Gasteiger partial charge in [0.2, 0.25) is 0 Å². The molecule has 3 heteroatoms. The molecule has 0 bridgehead atoms. The Morgan fingerprint density at radius 3 is 2.32 bits per heavy atom. The van der Waals surface area contributed by atoms with Gasteiger partial charge in [0.15, 0.2) is 5.78 Å². The van der Waals surface area contributed by atoms with E-state index in [4.69, 9.17) is 0 Å². The highest BCUT2D eigenvalue weighted by atomic mass is 16.3. The minimum Gasteiger partial charge on any atom is -0.391 e. The lowest BCUT2D eigenvalue weighted by atomic mass is 9.91. The summed E-state index contributed by atoms with van der Waals surface area (Å²) in [7, 11) is 1.77. The summed E-state index contributed by atoms with van der Waals surface area (Å²) in [6, 6.07) is 9.14. The minimum atomic E-state index is -0.744. The van der Waals surface area contributed by atoms with Gasteiger partial charge < -0.3 is 10.4 Å². The van der Waals surface area contributed by atoms with E-state index in [-0.39, 0.29) is 5.78 Å². The maximum Gasteiger partial charge on any atom is 0.187 e. The number of ketones is 1. The van der Waals surface area contributed by atoms with Crippen LogP contribution in [0.15, 0.2) is 42.1 Å². The summed E-state index contributed by atoms with van der Waals surface area (Å²) in [5.74, 6) is -0.0421. The fourth-order valence-corrected chi connectivity index (χ4v) is 1.91. The largest absolute Gasteiger partial charge is 0.391 e. The normalized spacial score (nSPS) is 12.3. The Morgan fingerprint density at radius 1 is 1.26 bits per heavy atom. The van der Waals surface area contributed by atoms with Gasteiger partial charge in [-0.1, -0.05) is 44.2 Å². The second-order valence-electron chi connectivity index (χ2n) is 4.76. The van der Waals surface area contributed by atoms with Crippen LogP contribution in [0.5, 0.6) is 0 Å². The highest BCUT2D eigenvalue weighted by Crippen LogP contribution is 2.23. The zero-order chi connectivity index (χ0) is 14.3. The van der Waals surface area contributed by atoms with Crippen LogP contribution in [0, 0.1) is 0 Å². The fourth-order valence-electron chi connectivity index (χ4n) is 1.91. The highest BCUT2D eigenvalue weighted by molar-refractivity contribution is 6.04. The van der Waals surface area contributed by atoms with Crippen molar-refractivity contribution in [2.24, 2.45) is 0 Å². The Labute approximate surface area is 115 Å². The molecule has 0 unspecified atom stereocenters. The van der Waals surface area contributed by atoms with Crippen LogP contribution in [-0.2, 0) is 0 Å². The summed E-state index contributed by atoms with van der Waals surface area (Å²) in [6.45, 7) is 3.91. The maximum absolute atomic E-state index is 12.1. The van der Waals surface area contributed by atoms with Crippen LogP contribution in [0.3, 0.4) is 0 Å². The summed E-state index contributed by atoms with van der Waals surface area (Å²) in [5, 5.41) is 13.3. The third kappa shape index (κ3) is 4.52. The Hall–Kier alpha value is -1.61. The van der Waals surface area contributed by atoms with E-state index in [2.05, 4.69) is 5.32 Å². The molecule has 0 heterocycles. The molecule has 0 aromatic heterocycles. The highest BCUT2D eigenvalue weighted by Gasteiger charge is 2.23. The Bertz CT molecular complexity index is 433. The molecule has 0 aliphatic rings. The first kappa shape index (κ1) is 15.4. The van der Waals surface area contributed by atoms with Crippen molar-refractivity contribution in [3.63, 3.8) is 0 Å². The average Bonchev–Trinajstić information content (AvgIpc) is 2.47. The smallest absolute Gasteiger partial charge is 0.187 e. The number of aliphatic hydroxyl groups is 1. The van der Waals surface area contributed by atoms with E-state index in [0.29, 0.717) is 24.8 Å². The minimum absolute atomic E-state index is 0.0421. The molecule has 0 aliphatic carbocycles. The fraction of sp³-hybridized carbons (Fsp3) is 0.438. The number of hydrogen-bond donors (Lipinski definition) is 2. The number of carbonyl (C=O) groups is 1. The monoisotopic (exact) mass is 261 g/mol. The zero-order valence-corrected chi connectivity index (χ0v) is 11.9. The summed E-state index contributed by atoms with van der Waals surface area (Å²) in [6.07, 6.45) is 3.38. The summed E-state index contributed by atoms with van der Waals surface area (Å²) >= 11 is 0. The third-order valence-electron chi connectivity index (χ3n) is 3.52. The molecule has 0 aliphatic heterocycles. The molecule has 1 aromatic rings. The number of carbonyl (C=O) groups excluding carboxylic acids is 1. The van der Waals surface area contributed by atoms with Crippen molar-refractivity contribution in [3.05, 3.63) is 47.7 Å². The molecule has 0 atom stereocenters. The number of hydrogen-bond acceptors (Lipinski definition) is 3. The maximum atomic E-state index is 12.1. The lowest BCUT2D eigenvalue weighted by Crippen LogP contribution is -2.30. The lowest BCUT2D eigenvalue weighted by Gasteiger charge is -2.26. The van der Waals surface area contributed by atoms with Crippen LogP contribution < -0.4 is 5.32 Å². The van der Waals surface area contributed by atoms with Crippen molar-refractivity contribution in [1.82, 2.24) is 5.32 Å². The average molecular weight is 261 g/mol. The molecule has 2 N–H and O–H groups in total. The summed E-state index contributed by atoms with van der Waals surface area (Å²) < 4.78 is 0. The number of benzene rings is 1. The Balaban J connectivity index is 2.85. The number of allylic oxidation sites excluding steroid dienone is 1. The van der Waals surface area contributed by atoms with Gasteiger partial charge in [0.1, 0.15) is 0 Å². The van der Waals surface area contributed by atoms with Crippen molar-refractivity contribution in [1.29, 1.82) is 0 Å². The van der Waals surface area contributed by atoms with E-state index in [1.807, 2.05) is 32.0 Å². The molecular formula is C16H23NO2. The van der Waals surface area contributed by atoms with E-state index in [0.717, 1.165) is 5.70 Å². The number of nitrogens with one attached hydrogen (secondary N) is 1. The molecule has 104 valence electrons. The van der Waals surface area contributed by atoms with Crippen LogP contribution >= 0.6 is 0 Å². The van der Waals surface area contributed by atoms with Crippen molar-refractivity contribution < 1.29 is 9.90 Å². The zero-order valence-electron chi connectivity index (χ0n) is 11.9. The van der Waals surface area contributed by atoms with Gasteiger partial charge in [0.05, 0.1) is 5.60 Å². The van der Waals surface area contributed by atoms with Gasteiger partial charge in [-0.15, -0.1) is 0 Å². The molecule has 0 saturated heterocycles. The quantitative estimate of drug-likeness (QED) is 0.586. The van der Waals surface area contributed by atoms with E-state index in [1.54, 1.807) is 25.3 Å². The van der Waals surface area contributed by atoms with Crippen molar-refractivity contribution >= 4 is 5.78 Å². The molecule has 3 nitrogen and oxygen atoms in total. The standard InChI is InChI=1S/C16H23NO2/c1-4-16(19,5-2)12-14(17-3)11-15(18)13-9-7-6-8-10-13/h6-11,17,19H,4-5,12H2,1-3H3/b14-11-. The van der Waals surface area contributed by atoms with Crippen molar-refractivity contribution in [2.75, 3.05) is 7.05 Å². The molecule has 0 fully saturated rings. The van der Waals surface area contributed by atoms with Crippen LogP contribution in [0.4, 0.5) is 0 Å². The molecule has 0 spiro atoms. The van der Waals surface area contributed by atoms with E-state index in [9.17, 15) is 9.90 Å². The van der Waals surface area contributed by atoms with Crippen LogP contribution in [0.1, 0.15) is 43.5 Å². The van der Waals surface area contributed by atoms with Crippen molar-refractivity contribution in [3.8, 4) is 0 Å². The number of rotatable bonds is 7. The third-order valence-corrected chi connectivity index (χ3v) is 3.52. The van der Waals surface area contributed by atoms with Crippen LogP contribution in [0.2, 0.25) is 0 Å². The Kier molecular flexibility index (Phi) is 5.77. The molecule has 1 aromatic carbocycles. The van der Waals surface area contributed by atoms with Crippen LogP contribution in [0.25, 0.3) is 0 Å². The predicted molar refractivity (Wildman–Crippen MR) is 78.1 cm³/mol. The predicted octanol–water partition coefficient (Wildman–Crippen LogP) is 2.91. The van der Waals surface area contributed by atoms with Gasteiger partial charge in [-0.25, -0.2) is 0 Å². The molecule has 19 heavy (non-hydrogen) atoms. The van der Waals surface area contributed by atoms with Gasteiger partial charge in [-0.2, -0.15) is 0 Å². The lowest BCUT2D eigenvalue weighted by molar-refractivity contribution is 0.0314. The SMILES string of the molecule is CCC(O)(CC)C/C(=C/C(=O)c1ccccc1)NC. The van der Waals surface area contributed by atoms with Gasteiger partial charge in [-0.05, 0) is 12.8 Å².